The molecule has 8 nitrogen and oxygen atoms in total. The SMILES string of the molecule is O=C1CCC(N2Cc3cc(O[C@@H]4CCCC[C@H]4N4CC(C5CCCCN5)C4)ccc3C2=O)C(=O)N1. The molecule has 6 rings (SSSR count). The molecule has 4 heterocycles. The number of benzene rings is 1. The fourth-order valence-corrected chi connectivity index (χ4v) is 6.79. The third-order valence-electron chi connectivity index (χ3n) is 8.77. The molecule has 188 valence electrons. The molecule has 3 saturated heterocycles. The van der Waals surface area contributed by atoms with Crippen molar-refractivity contribution in [3.8, 4) is 5.75 Å². The standard InChI is InChI=1S/C27H36N4O4/c32-25-11-10-23(26(33)29-25)31-16-17-13-19(8-9-20(17)27(31)34)35-24-7-2-1-6-22(24)30-14-18(15-30)21-5-3-4-12-28-21/h8-9,13,18,21-24,28H,1-7,10-12,14-16H2,(H,29,32,33)/t21?,22-,23?,24-/m1/s1. The van der Waals surface area contributed by atoms with Crippen LogP contribution in [0.15, 0.2) is 18.2 Å². The molecule has 2 unspecified atom stereocenters. The largest absolute Gasteiger partial charge is 0.489 e. The number of carbonyl (C=O) groups excluding carboxylic acids is 3. The summed E-state index contributed by atoms with van der Waals surface area (Å²) in [5.41, 5.74) is 1.53. The van der Waals surface area contributed by atoms with Gasteiger partial charge in [-0.25, -0.2) is 0 Å². The van der Waals surface area contributed by atoms with E-state index in [0.29, 0.717) is 30.6 Å². The topological polar surface area (TPSA) is 91.0 Å². The molecule has 1 saturated carbocycles. The van der Waals surface area contributed by atoms with Crippen LogP contribution in [0.4, 0.5) is 0 Å². The Morgan fingerprint density at radius 3 is 2.57 bits per heavy atom. The highest BCUT2D eigenvalue weighted by atomic mass is 16.5. The number of nitrogens with zero attached hydrogens (tertiary/aromatic N) is 2. The summed E-state index contributed by atoms with van der Waals surface area (Å²) in [6.45, 7) is 3.88. The first-order valence-electron chi connectivity index (χ1n) is 13.5. The molecule has 1 aromatic rings. The first-order chi connectivity index (χ1) is 17.1. The molecule has 4 fully saturated rings. The zero-order chi connectivity index (χ0) is 23.9. The maximum absolute atomic E-state index is 13.0. The van der Waals surface area contributed by atoms with Crippen LogP contribution >= 0.6 is 0 Å². The summed E-state index contributed by atoms with van der Waals surface area (Å²) >= 11 is 0. The van der Waals surface area contributed by atoms with Gasteiger partial charge in [-0.3, -0.25) is 24.6 Å². The number of nitrogens with one attached hydrogen (secondary N) is 2. The predicted octanol–water partition coefficient (Wildman–Crippen LogP) is 2.21. The fraction of sp³-hybridized carbons (Fsp3) is 0.667. The van der Waals surface area contributed by atoms with E-state index >= 15 is 0 Å². The van der Waals surface area contributed by atoms with Gasteiger partial charge in [0.1, 0.15) is 17.9 Å². The second kappa shape index (κ2) is 9.54. The summed E-state index contributed by atoms with van der Waals surface area (Å²) in [5, 5.41) is 6.09. The number of amides is 3. The smallest absolute Gasteiger partial charge is 0.255 e. The second-order valence-corrected chi connectivity index (χ2v) is 11.0. The predicted molar refractivity (Wildman–Crippen MR) is 130 cm³/mol. The number of likely N-dealkylation sites (tertiary alicyclic amines) is 1. The Morgan fingerprint density at radius 1 is 0.943 bits per heavy atom. The molecule has 0 spiro atoms. The minimum Gasteiger partial charge on any atom is -0.489 e. The lowest BCUT2D eigenvalue weighted by atomic mass is 9.82. The summed E-state index contributed by atoms with van der Waals surface area (Å²) in [7, 11) is 0. The summed E-state index contributed by atoms with van der Waals surface area (Å²) < 4.78 is 6.57. The fourth-order valence-electron chi connectivity index (χ4n) is 6.79. The lowest BCUT2D eigenvalue weighted by molar-refractivity contribution is -0.136. The Kier molecular flexibility index (Phi) is 6.26. The first kappa shape index (κ1) is 23.0. The Labute approximate surface area is 206 Å². The van der Waals surface area contributed by atoms with Crippen LogP contribution in [0.5, 0.6) is 5.75 Å². The number of imide groups is 1. The van der Waals surface area contributed by atoms with Gasteiger partial charge in [0.05, 0.1) is 0 Å². The minimum atomic E-state index is -0.585. The van der Waals surface area contributed by atoms with Gasteiger partial charge in [-0.15, -0.1) is 0 Å². The van der Waals surface area contributed by atoms with Crippen molar-refractivity contribution in [2.75, 3.05) is 19.6 Å². The van der Waals surface area contributed by atoms with Gasteiger partial charge in [0.2, 0.25) is 11.8 Å². The van der Waals surface area contributed by atoms with Crippen molar-refractivity contribution in [3.63, 3.8) is 0 Å². The van der Waals surface area contributed by atoms with E-state index in [0.717, 1.165) is 30.2 Å². The Balaban J connectivity index is 1.10. The Morgan fingerprint density at radius 2 is 1.77 bits per heavy atom. The Bertz CT molecular complexity index is 1000. The van der Waals surface area contributed by atoms with Crippen LogP contribution in [0.1, 0.15) is 73.7 Å². The molecule has 1 aliphatic carbocycles. The molecule has 3 amide bonds. The maximum Gasteiger partial charge on any atom is 0.255 e. The average Bonchev–Trinajstić information content (AvgIpc) is 3.15. The van der Waals surface area contributed by atoms with Crippen molar-refractivity contribution >= 4 is 17.7 Å². The highest BCUT2D eigenvalue weighted by Gasteiger charge is 2.42. The lowest BCUT2D eigenvalue weighted by Crippen LogP contribution is -2.62. The van der Waals surface area contributed by atoms with E-state index in [-0.39, 0.29) is 30.2 Å². The number of carbonyl (C=O) groups is 3. The van der Waals surface area contributed by atoms with Crippen LogP contribution in [-0.2, 0) is 16.1 Å². The third-order valence-corrected chi connectivity index (χ3v) is 8.77. The molecule has 0 aromatic heterocycles. The van der Waals surface area contributed by atoms with E-state index in [1.54, 1.807) is 4.90 Å². The number of hydrogen-bond acceptors (Lipinski definition) is 6. The maximum atomic E-state index is 13.0. The van der Waals surface area contributed by atoms with Crippen molar-refractivity contribution in [3.05, 3.63) is 29.3 Å². The number of piperidine rings is 2. The van der Waals surface area contributed by atoms with Crippen LogP contribution in [0.2, 0.25) is 0 Å². The molecule has 0 bridgehead atoms. The van der Waals surface area contributed by atoms with Gasteiger partial charge in [0, 0.05) is 43.7 Å². The Hall–Kier alpha value is -2.45. The number of hydrogen-bond donors (Lipinski definition) is 2. The van der Waals surface area contributed by atoms with Gasteiger partial charge in [0.15, 0.2) is 0 Å². The van der Waals surface area contributed by atoms with Crippen molar-refractivity contribution < 1.29 is 19.1 Å². The van der Waals surface area contributed by atoms with Gasteiger partial charge < -0.3 is 15.0 Å². The molecule has 5 aliphatic rings. The van der Waals surface area contributed by atoms with Crippen LogP contribution in [-0.4, -0.2) is 71.4 Å². The summed E-state index contributed by atoms with van der Waals surface area (Å²) in [6.07, 6.45) is 9.48. The average molecular weight is 481 g/mol. The second-order valence-electron chi connectivity index (χ2n) is 11.0. The molecule has 1 aromatic carbocycles. The normalized spacial score (nSPS) is 32.2. The number of fused-ring (bicyclic) bond motifs is 1. The minimum absolute atomic E-state index is 0.139. The molecule has 35 heavy (non-hydrogen) atoms. The van der Waals surface area contributed by atoms with E-state index in [4.69, 9.17) is 4.74 Å². The molecule has 2 N–H and O–H groups in total. The third kappa shape index (κ3) is 4.47. The van der Waals surface area contributed by atoms with Crippen molar-refractivity contribution in [2.24, 2.45) is 5.92 Å². The lowest BCUT2D eigenvalue weighted by Gasteiger charge is -2.51. The van der Waals surface area contributed by atoms with Gasteiger partial charge in [0.25, 0.3) is 5.91 Å². The molecular weight excluding hydrogens is 444 g/mol. The van der Waals surface area contributed by atoms with E-state index < -0.39 is 6.04 Å². The van der Waals surface area contributed by atoms with Crippen molar-refractivity contribution in [2.45, 2.75) is 88.6 Å². The summed E-state index contributed by atoms with van der Waals surface area (Å²) in [4.78, 5) is 41.0. The van der Waals surface area contributed by atoms with Crippen LogP contribution in [0.3, 0.4) is 0 Å². The van der Waals surface area contributed by atoms with Gasteiger partial charge in [-0.2, -0.15) is 0 Å². The van der Waals surface area contributed by atoms with E-state index in [9.17, 15) is 14.4 Å². The van der Waals surface area contributed by atoms with Crippen LogP contribution in [0, 0.1) is 5.92 Å². The first-order valence-corrected chi connectivity index (χ1v) is 13.5. The summed E-state index contributed by atoms with van der Waals surface area (Å²) in [6, 6.07) is 6.28. The highest BCUT2D eigenvalue weighted by molar-refractivity contribution is 6.05. The van der Waals surface area contributed by atoms with Gasteiger partial charge >= 0.3 is 0 Å². The summed E-state index contributed by atoms with van der Waals surface area (Å²) in [5.74, 6) is 0.795. The van der Waals surface area contributed by atoms with Gasteiger partial charge in [-0.1, -0.05) is 12.8 Å². The van der Waals surface area contributed by atoms with E-state index in [1.165, 1.54) is 51.6 Å². The van der Waals surface area contributed by atoms with Crippen molar-refractivity contribution in [1.82, 2.24) is 20.4 Å². The van der Waals surface area contributed by atoms with Crippen LogP contribution < -0.4 is 15.4 Å². The number of ether oxygens (including phenoxy) is 1. The van der Waals surface area contributed by atoms with Crippen LogP contribution in [0.25, 0.3) is 0 Å². The monoisotopic (exact) mass is 480 g/mol. The molecule has 4 aliphatic heterocycles. The molecule has 8 heteroatoms. The molecule has 0 radical (unpaired) electrons. The highest BCUT2D eigenvalue weighted by Crippen LogP contribution is 2.35. The zero-order valence-electron chi connectivity index (χ0n) is 20.3. The van der Waals surface area contributed by atoms with E-state index in [2.05, 4.69) is 15.5 Å². The molecule has 4 atom stereocenters. The number of rotatable bonds is 5. The van der Waals surface area contributed by atoms with Gasteiger partial charge in [-0.05, 0) is 74.8 Å². The van der Waals surface area contributed by atoms with Crippen molar-refractivity contribution in [1.29, 1.82) is 0 Å². The molecular formula is C27H36N4O4. The quantitative estimate of drug-likeness (QED) is 0.628. The zero-order valence-corrected chi connectivity index (χ0v) is 20.3. The van der Waals surface area contributed by atoms with E-state index in [1.807, 2.05) is 18.2 Å².